The molecule has 0 unspecified atom stereocenters. The molecule has 2 aliphatic heterocycles. The number of benzene rings is 1. The van der Waals surface area contributed by atoms with Gasteiger partial charge in [-0.15, -0.1) is 0 Å². The van der Waals surface area contributed by atoms with Crippen LogP contribution in [0.15, 0.2) is 59.4 Å². The molecule has 5 nitrogen and oxygen atoms in total. The second-order valence-electron chi connectivity index (χ2n) is 7.61. The summed E-state index contributed by atoms with van der Waals surface area (Å²) in [5.41, 5.74) is 5.14. The van der Waals surface area contributed by atoms with E-state index in [1.165, 1.54) is 5.57 Å². The highest BCUT2D eigenvalue weighted by Gasteiger charge is 2.43. The number of hydrogen-bond acceptors (Lipinski definition) is 4. The lowest BCUT2D eigenvalue weighted by molar-refractivity contribution is -0.185. The summed E-state index contributed by atoms with van der Waals surface area (Å²) in [5, 5.41) is 0. The molecule has 0 N–H and O–H groups in total. The second-order valence-corrected chi connectivity index (χ2v) is 7.61. The number of anilines is 1. The van der Waals surface area contributed by atoms with Gasteiger partial charge in [-0.2, -0.15) is 13.2 Å². The molecular weight excluding hydrogens is 405 g/mol. The highest BCUT2D eigenvalue weighted by molar-refractivity contribution is 6.15. The number of allylic oxidation sites excluding steroid dienone is 1. The quantitative estimate of drug-likeness (QED) is 0.744. The van der Waals surface area contributed by atoms with Gasteiger partial charge in [0.15, 0.2) is 0 Å². The zero-order chi connectivity index (χ0) is 21.8. The Balaban J connectivity index is 1.44. The number of hydrogen-bond donors (Lipinski definition) is 0. The molecule has 1 saturated heterocycles. The fraction of sp³-hybridized carbons (Fsp3) is 0.348. The van der Waals surface area contributed by atoms with Crippen molar-refractivity contribution in [3.8, 4) is 0 Å². The third-order valence-corrected chi connectivity index (χ3v) is 5.52. The van der Waals surface area contributed by atoms with Crippen molar-refractivity contribution in [2.24, 2.45) is 4.99 Å². The highest BCUT2D eigenvalue weighted by atomic mass is 19.4. The predicted octanol–water partition coefficient (Wildman–Crippen LogP) is 3.96. The number of alkyl halides is 3. The zero-order valence-corrected chi connectivity index (χ0v) is 17.0. The SMILES string of the molecule is O=C(N1CCN(c2ccc(/C=C3\CCCN=C3c3cccnc3)cc2)CC1)C(F)(F)F. The Morgan fingerprint density at radius 1 is 1.03 bits per heavy atom. The summed E-state index contributed by atoms with van der Waals surface area (Å²) in [7, 11) is 0. The average molecular weight is 428 g/mol. The number of halogens is 3. The van der Waals surface area contributed by atoms with Crippen molar-refractivity contribution in [1.29, 1.82) is 0 Å². The largest absolute Gasteiger partial charge is 0.471 e. The van der Waals surface area contributed by atoms with E-state index in [0.29, 0.717) is 13.1 Å². The minimum atomic E-state index is -4.81. The van der Waals surface area contributed by atoms with Crippen LogP contribution in [0, 0.1) is 0 Å². The van der Waals surface area contributed by atoms with Crippen molar-refractivity contribution < 1.29 is 18.0 Å². The molecule has 1 fully saturated rings. The normalized spacial score (nSPS) is 18.8. The van der Waals surface area contributed by atoms with Gasteiger partial charge < -0.3 is 9.80 Å². The first-order valence-electron chi connectivity index (χ1n) is 10.3. The van der Waals surface area contributed by atoms with Crippen LogP contribution in [0.25, 0.3) is 6.08 Å². The predicted molar refractivity (Wildman–Crippen MR) is 114 cm³/mol. The van der Waals surface area contributed by atoms with Crippen LogP contribution in [-0.4, -0.2) is 60.4 Å². The molecule has 2 aliphatic rings. The van der Waals surface area contributed by atoms with Crippen LogP contribution in [0.1, 0.15) is 24.0 Å². The number of piperazine rings is 1. The molecule has 0 aliphatic carbocycles. The van der Waals surface area contributed by atoms with E-state index in [1.54, 1.807) is 6.20 Å². The van der Waals surface area contributed by atoms with Gasteiger partial charge in [-0.3, -0.25) is 14.8 Å². The van der Waals surface area contributed by atoms with Crippen LogP contribution < -0.4 is 4.90 Å². The molecule has 0 spiro atoms. The topological polar surface area (TPSA) is 48.8 Å². The smallest absolute Gasteiger partial charge is 0.368 e. The number of rotatable bonds is 3. The van der Waals surface area contributed by atoms with Gasteiger partial charge in [0, 0.05) is 56.4 Å². The van der Waals surface area contributed by atoms with E-state index >= 15 is 0 Å². The lowest BCUT2D eigenvalue weighted by Gasteiger charge is -2.36. The van der Waals surface area contributed by atoms with E-state index in [9.17, 15) is 18.0 Å². The first-order valence-corrected chi connectivity index (χ1v) is 10.3. The Labute approximate surface area is 178 Å². The van der Waals surface area contributed by atoms with Gasteiger partial charge in [0.05, 0.1) is 5.71 Å². The minimum absolute atomic E-state index is 0.0646. The maximum absolute atomic E-state index is 12.6. The van der Waals surface area contributed by atoms with Crippen LogP contribution in [0.4, 0.5) is 18.9 Å². The molecule has 1 amide bonds. The van der Waals surface area contributed by atoms with Gasteiger partial charge in [-0.05, 0) is 54.3 Å². The van der Waals surface area contributed by atoms with Gasteiger partial charge in [-0.1, -0.05) is 12.1 Å². The first-order chi connectivity index (χ1) is 14.9. The summed E-state index contributed by atoms with van der Waals surface area (Å²) in [5.74, 6) is -1.76. The van der Waals surface area contributed by atoms with Crippen molar-refractivity contribution >= 4 is 23.4 Å². The lowest BCUT2D eigenvalue weighted by atomic mass is 9.95. The van der Waals surface area contributed by atoms with E-state index in [1.807, 2.05) is 47.5 Å². The molecule has 1 aromatic carbocycles. The standard InChI is InChI=1S/C23H23F3N4O/c24-23(25,26)22(31)30-13-11-29(12-14-30)20-7-5-17(6-8-20)15-18-3-2-10-28-21(18)19-4-1-9-27-16-19/h1,4-9,15-16H,2-3,10-14H2/b18-15+. The van der Waals surface area contributed by atoms with Crippen molar-refractivity contribution in [2.45, 2.75) is 19.0 Å². The van der Waals surface area contributed by atoms with Crippen LogP contribution in [0.5, 0.6) is 0 Å². The Hall–Kier alpha value is -3.16. The minimum Gasteiger partial charge on any atom is -0.368 e. The number of aromatic nitrogens is 1. The third kappa shape index (κ3) is 4.95. The Bertz CT molecular complexity index is 976. The molecule has 4 rings (SSSR count). The molecule has 0 bridgehead atoms. The van der Waals surface area contributed by atoms with Crippen molar-refractivity contribution in [3.05, 3.63) is 65.5 Å². The van der Waals surface area contributed by atoms with Gasteiger partial charge in [-0.25, -0.2) is 0 Å². The monoisotopic (exact) mass is 428 g/mol. The van der Waals surface area contributed by atoms with Gasteiger partial charge in [0.2, 0.25) is 0 Å². The molecular formula is C23H23F3N4O. The second kappa shape index (κ2) is 8.91. The van der Waals surface area contributed by atoms with E-state index in [0.717, 1.165) is 46.8 Å². The third-order valence-electron chi connectivity index (χ3n) is 5.52. The van der Waals surface area contributed by atoms with E-state index < -0.39 is 12.1 Å². The maximum atomic E-state index is 12.6. The lowest BCUT2D eigenvalue weighted by Crippen LogP contribution is -2.52. The maximum Gasteiger partial charge on any atom is 0.471 e. The van der Waals surface area contributed by atoms with Crippen molar-refractivity contribution in [2.75, 3.05) is 37.6 Å². The zero-order valence-electron chi connectivity index (χ0n) is 17.0. The summed E-state index contributed by atoms with van der Waals surface area (Å²) in [6, 6.07) is 11.9. The molecule has 0 atom stereocenters. The van der Waals surface area contributed by atoms with Crippen LogP contribution in [0.3, 0.4) is 0 Å². The van der Waals surface area contributed by atoms with Crippen LogP contribution >= 0.6 is 0 Å². The summed E-state index contributed by atoms with van der Waals surface area (Å²) in [4.78, 5) is 23.1. The molecule has 1 aromatic heterocycles. The van der Waals surface area contributed by atoms with E-state index in [-0.39, 0.29) is 13.1 Å². The number of amides is 1. The van der Waals surface area contributed by atoms with Crippen molar-refractivity contribution in [3.63, 3.8) is 0 Å². The van der Waals surface area contributed by atoms with Gasteiger partial charge >= 0.3 is 12.1 Å². The summed E-state index contributed by atoms with van der Waals surface area (Å²) in [6.45, 7) is 1.69. The molecule has 2 aromatic rings. The Morgan fingerprint density at radius 2 is 1.77 bits per heavy atom. The number of pyridine rings is 1. The Morgan fingerprint density at radius 3 is 2.42 bits per heavy atom. The molecule has 8 heteroatoms. The van der Waals surface area contributed by atoms with Crippen molar-refractivity contribution in [1.82, 2.24) is 9.88 Å². The van der Waals surface area contributed by atoms with E-state index in [4.69, 9.17) is 4.99 Å². The number of nitrogens with zero attached hydrogens (tertiary/aromatic N) is 4. The number of carbonyl (C=O) groups excluding carboxylic acids is 1. The fourth-order valence-electron chi connectivity index (χ4n) is 3.93. The highest BCUT2D eigenvalue weighted by Crippen LogP contribution is 2.25. The molecule has 0 saturated carbocycles. The van der Waals surface area contributed by atoms with Crippen LogP contribution in [-0.2, 0) is 4.79 Å². The van der Waals surface area contributed by atoms with E-state index in [2.05, 4.69) is 11.1 Å². The molecule has 0 radical (unpaired) electrons. The number of carbonyl (C=O) groups is 1. The Kier molecular flexibility index (Phi) is 6.06. The average Bonchev–Trinajstić information content (AvgIpc) is 2.80. The summed E-state index contributed by atoms with van der Waals surface area (Å²) in [6.07, 6.45) is 2.85. The first kappa shape index (κ1) is 21.1. The molecule has 3 heterocycles. The van der Waals surface area contributed by atoms with Gasteiger partial charge in [0.1, 0.15) is 0 Å². The number of aliphatic imine (C=N–C) groups is 1. The molecule has 31 heavy (non-hydrogen) atoms. The molecule has 162 valence electrons. The summed E-state index contributed by atoms with van der Waals surface area (Å²) < 4.78 is 37.8. The summed E-state index contributed by atoms with van der Waals surface area (Å²) >= 11 is 0. The van der Waals surface area contributed by atoms with Crippen LogP contribution in [0.2, 0.25) is 0 Å². The van der Waals surface area contributed by atoms with Gasteiger partial charge in [0.25, 0.3) is 0 Å². The fourth-order valence-corrected chi connectivity index (χ4v) is 3.93.